The van der Waals surface area contributed by atoms with Crippen LogP contribution in [0.1, 0.15) is 40.2 Å². The highest BCUT2D eigenvalue weighted by molar-refractivity contribution is 5.43. The van der Waals surface area contributed by atoms with Gasteiger partial charge in [-0.05, 0) is 57.9 Å². The number of nitrogens with one attached hydrogen (secondary N) is 1. The molecule has 112 valence electrons. The molecule has 1 N–H and O–H groups in total. The molecule has 1 aromatic carbocycles. The summed E-state index contributed by atoms with van der Waals surface area (Å²) in [6, 6.07) is 6.07. The highest BCUT2D eigenvalue weighted by Gasteiger charge is 2.11. The minimum absolute atomic E-state index is 0.0981. The number of ether oxygens (including phenoxy) is 2. The van der Waals surface area contributed by atoms with E-state index in [9.17, 15) is 0 Å². The minimum Gasteiger partial charge on any atom is -0.490 e. The quantitative estimate of drug-likeness (QED) is 0.766. The van der Waals surface area contributed by atoms with Crippen LogP contribution in [0.4, 0.5) is 0 Å². The van der Waals surface area contributed by atoms with Crippen LogP contribution in [0.3, 0.4) is 0 Å². The van der Waals surface area contributed by atoms with E-state index in [2.05, 4.69) is 38.7 Å². The van der Waals surface area contributed by atoms with E-state index >= 15 is 0 Å². The average molecular weight is 277 g/mol. The maximum atomic E-state index is 5.71. The predicted octanol–water partition coefficient (Wildman–Crippen LogP) is 3.93. The van der Waals surface area contributed by atoms with E-state index in [-0.39, 0.29) is 5.54 Å². The lowest BCUT2D eigenvalue weighted by Crippen LogP contribution is -2.35. The van der Waals surface area contributed by atoms with Crippen molar-refractivity contribution in [2.24, 2.45) is 0 Å². The van der Waals surface area contributed by atoms with E-state index in [0.29, 0.717) is 13.2 Å². The number of benzene rings is 1. The van der Waals surface area contributed by atoms with Gasteiger partial charge in [0.15, 0.2) is 11.5 Å². The van der Waals surface area contributed by atoms with Gasteiger partial charge in [0.05, 0.1) is 6.61 Å². The Hall–Kier alpha value is -1.48. The van der Waals surface area contributed by atoms with Gasteiger partial charge in [0.25, 0.3) is 0 Å². The molecule has 0 amide bonds. The number of rotatable bonds is 7. The lowest BCUT2D eigenvalue weighted by Gasteiger charge is -2.21. The third kappa shape index (κ3) is 6.11. The summed E-state index contributed by atoms with van der Waals surface area (Å²) < 4.78 is 11.4. The fraction of sp³-hybridized carbons (Fsp3) is 0.529. The van der Waals surface area contributed by atoms with Gasteiger partial charge in [0, 0.05) is 12.1 Å². The Labute approximate surface area is 123 Å². The van der Waals surface area contributed by atoms with Gasteiger partial charge in [0.1, 0.15) is 6.61 Å². The molecule has 20 heavy (non-hydrogen) atoms. The molecule has 0 saturated heterocycles. The first-order valence-electron chi connectivity index (χ1n) is 7.09. The molecule has 0 unspecified atom stereocenters. The van der Waals surface area contributed by atoms with Crippen molar-refractivity contribution in [3.8, 4) is 11.5 Å². The fourth-order valence-corrected chi connectivity index (χ4v) is 1.62. The lowest BCUT2D eigenvalue weighted by molar-refractivity contribution is 0.292. The summed E-state index contributed by atoms with van der Waals surface area (Å²) in [5, 5.41) is 3.47. The molecular weight excluding hydrogens is 250 g/mol. The van der Waals surface area contributed by atoms with Crippen LogP contribution >= 0.6 is 0 Å². The SMILES string of the molecule is C=C(C)COc1ccc(CNC(C)(C)C)cc1OCC. The normalized spacial score (nSPS) is 11.2. The zero-order chi connectivity index (χ0) is 15.2. The zero-order valence-electron chi connectivity index (χ0n) is 13.4. The van der Waals surface area contributed by atoms with Crippen molar-refractivity contribution < 1.29 is 9.47 Å². The van der Waals surface area contributed by atoms with Crippen LogP contribution in [0.5, 0.6) is 11.5 Å². The Balaban J connectivity index is 2.80. The van der Waals surface area contributed by atoms with Crippen LogP contribution in [0.2, 0.25) is 0 Å². The Morgan fingerprint density at radius 2 is 1.90 bits per heavy atom. The summed E-state index contributed by atoms with van der Waals surface area (Å²) in [5.41, 5.74) is 2.28. The Kier molecular flexibility index (Phi) is 6.08. The van der Waals surface area contributed by atoms with Crippen LogP contribution in [0.15, 0.2) is 30.4 Å². The summed E-state index contributed by atoms with van der Waals surface area (Å²) in [5.74, 6) is 1.57. The van der Waals surface area contributed by atoms with Crippen LogP contribution < -0.4 is 14.8 Å². The molecule has 1 aromatic rings. The third-order valence-corrected chi connectivity index (χ3v) is 2.60. The van der Waals surface area contributed by atoms with E-state index in [1.807, 2.05) is 26.0 Å². The topological polar surface area (TPSA) is 30.5 Å². The van der Waals surface area contributed by atoms with Crippen molar-refractivity contribution >= 4 is 0 Å². The third-order valence-electron chi connectivity index (χ3n) is 2.60. The van der Waals surface area contributed by atoms with Gasteiger partial charge in [0.2, 0.25) is 0 Å². The first-order valence-corrected chi connectivity index (χ1v) is 7.09. The highest BCUT2D eigenvalue weighted by atomic mass is 16.5. The summed E-state index contributed by atoms with van der Waals surface area (Å²) >= 11 is 0. The Bertz CT molecular complexity index is 447. The molecule has 0 fully saturated rings. The van der Waals surface area contributed by atoms with E-state index in [1.54, 1.807) is 0 Å². The van der Waals surface area contributed by atoms with Crippen molar-refractivity contribution in [1.82, 2.24) is 5.32 Å². The summed E-state index contributed by atoms with van der Waals surface area (Å²) in [6.07, 6.45) is 0. The van der Waals surface area contributed by atoms with E-state index in [1.165, 1.54) is 5.56 Å². The smallest absolute Gasteiger partial charge is 0.161 e. The predicted molar refractivity (Wildman–Crippen MR) is 84.5 cm³/mol. The summed E-state index contributed by atoms with van der Waals surface area (Å²) in [6.45, 7) is 16.2. The number of hydrogen-bond donors (Lipinski definition) is 1. The van der Waals surface area contributed by atoms with Gasteiger partial charge in [-0.3, -0.25) is 0 Å². The van der Waals surface area contributed by atoms with Crippen molar-refractivity contribution in [1.29, 1.82) is 0 Å². The van der Waals surface area contributed by atoms with Crippen molar-refractivity contribution in [3.05, 3.63) is 35.9 Å². The summed E-state index contributed by atoms with van der Waals surface area (Å²) in [4.78, 5) is 0. The summed E-state index contributed by atoms with van der Waals surface area (Å²) in [7, 11) is 0. The van der Waals surface area contributed by atoms with Crippen LogP contribution in [-0.4, -0.2) is 18.8 Å². The van der Waals surface area contributed by atoms with Crippen molar-refractivity contribution in [3.63, 3.8) is 0 Å². The fourth-order valence-electron chi connectivity index (χ4n) is 1.62. The highest BCUT2D eigenvalue weighted by Crippen LogP contribution is 2.29. The molecule has 0 bridgehead atoms. The van der Waals surface area contributed by atoms with E-state index in [0.717, 1.165) is 23.6 Å². The molecule has 0 heterocycles. The molecule has 0 saturated carbocycles. The second kappa shape index (κ2) is 7.34. The number of hydrogen-bond acceptors (Lipinski definition) is 3. The Morgan fingerprint density at radius 3 is 2.45 bits per heavy atom. The molecule has 0 aliphatic carbocycles. The van der Waals surface area contributed by atoms with Gasteiger partial charge >= 0.3 is 0 Å². The first kappa shape index (κ1) is 16.6. The molecule has 0 atom stereocenters. The molecular formula is C17H27NO2. The molecule has 0 aliphatic rings. The maximum absolute atomic E-state index is 5.71. The second-order valence-electron chi connectivity index (χ2n) is 6.06. The van der Waals surface area contributed by atoms with Gasteiger partial charge in [-0.25, -0.2) is 0 Å². The van der Waals surface area contributed by atoms with Crippen molar-refractivity contribution in [2.45, 2.75) is 46.7 Å². The molecule has 0 aromatic heterocycles. The van der Waals surface area contributed by atoms with Gasteiger partial charge < -0.3 is 14.8 Å². The molecule has 0 radical (unpaired) electrons. The lowest BCUT2D eigenvalue weighted by atomic mass is 10.1. The van der Waals surface area contributed by atoms with Crippen LogP contribution in [-0.2, 0) is 6.54 Å². The monoisotopic (exact) mass is 277 g/mol. The Morgan fingerprint density at radius 1 is 1.20 bits per heavy atom. The van der Waals surface area contributed by atoms with Gasteiger partial charge in [-0.15, -0.1) is 0 Å². The van der Waals surface area contributed by atoms with Crippen molar-refractivity contribution in [2.75, 3.05) is 13.2 Å². The standard InChI is InChI=1S/C17H27NO2/c1-7-19-16-10-14(11-18-17(4,5)6)8-9-15(16)20-12-13(2)3/h8-10,18H,2,7,11-12H2,1,3-6H3. The van der Waals surface area contributed by atoms with Crippen LogP contribution in [0, 0.1) is 0 Å². The molecule has 0 aliphatic heterocycles. The molecule has 3 heteroatoms. The average Bonchev–Trinajstić information content (AvgIpc) is 2.34. The maximum Gasteiger partial charge on any atom is 0.161 e. The van der Waals surface area contributed by atoms with Gasteiger partial charge in [-0.2, -0.15) is 0 Å². The largest absolute Gasteiger partial charge is 0.490 e. The zero-order valence-corrected chi connectivity index (χ0v) is 13.4. The van der Waals surface area contributed by atoms with Gasteiger partial charge in [-0.1, -0.05) is 12.6 Å². The molecule has 0 spiro atoms. The van der Waals surface area contributed by atoms with E-state index in [4.69, 9.17) is 9.47 Å². The molecule has 3 nitrogen and oxygen atoms in total. The first-order chi connectivity index (χ1) is 9.31. The van der Waals surface area contributed by atoms with Crippen LogP contribution in [0.25, 0.3) is 0 Å². The molecule has 1 rings (SSSR count). The van der Waals surface area contributed by atoms with E-state index < -0.39 is 0 Å². The minimum atomic E-state index is 0.0981. The second-order valence-corrected chi connectivity index (χ2v) is 6.06.